The third-order valence-corrected chi connectivity index (χ3v) is 5.05. The van der Waals surface area contributed by atoms with Crippen molar-refractivity contribution in [2.24, 2.45) is 5.92 Å². The lowest BCUT2D eigenvalue weighted by Gasteiger charge is -2.36. The van der Waals surface area contributed by atoms with Gasteiger partial charge in [0.15, 0.2) is 11.6 Å². The number of hydrogen-bond acceptors (Lipinski definition) is 2. The van der Waals surface area contributed by atoms with Crippen molar-refractivity contribution in [3.8, 4) is 0 Å². The van der Waals surface area contributed by atoms with Crippen molar-refractivity contribution >= 4 is 11.8 Å². The molecule has 0 spiro atoms. The smallest absolute Gasteiger partial charge is 0.163 e. The third kappa shape index (κ3) is 2.41. The first kappa shape index (κ1) is 13.8. The highest BCUT2D eigenvalue weighted by Crippen LogP contribution is 2.42. The largest absolute Gasteiger partial charge is 0.309 e. The first-order chi connectivity index (χ1) is 8.56. The Morgan fingerprint density at radius 1 is 1.39 bits per heavy atom. The van der Waals surface area contributed by atoms with Crippen molar-refractivity contribution in [2.75, 3.05) is 6.54 Å². The van der Waals surface area contributed by atoms with E-state index >= 15 is 0 Å². The summed E-state index contributed by atoms with van der Waals surface area (Å²) in [7, 11) is 0. The standard InChI is InChI=1S/C14H19F2NS/c1-4-17-13-9-5-6-11(15)12(16)10(9)7-18-14(13)8(2)3/h5-6,8,13-14,17H,4,7H2,1-3H3. The lowest BCUT2D eigenvalue weighted by atomic mass is 9.92. The minimum Gasteiger partial charge on any atom is -0.309 e. The molecular weight excluding hydrogens is 252 g/mol. The molecule has 2 atom stereocenters. The van der Waals surface area contributed by atoms with Gasteiger partial charge in [0.2, 0.25) is 0 Å². The summed E-state index contributed by atoms with van der Waals surface area (Å²) < 4.78 is 27.1. The summed E-state index contributed by atoms with van der Waals surface area (Å²) in [4.78, 5) is 0. The molecule has 1 aliphatic rings. The van der Waals surface area contributed by atoms with Crippen LogP contribution in [0.1, 0.15) is 37.9 Å². The molecular formula is C14H19F2NS. The molecule has 2 unspecified atom stereocenters. The Labute approximate surface area is 111 Å². The molecule has 0 aliphatic carbocycles. The second kappa shape index (κ2) is 5.57. The topological polar surface area (TPSA) is 12.0 Å². The molecule has 2 rings (SSSR count). The van der Waals surface area contributed by atoms with E-state index in [-0.39, 0.29) is 6.04 Å². The van der Waals surface area contributed by atoms with Gasteiger partial charge in [0.25, 0.3) is 0 Å². The van der Waals surface area contributed by atoms with E-state index in [9.17, 15) is 8.78 Å². The Balaban J connectivity index is 2.43. The number of fused-ring (bicyclic) bond motifs is 1. The molecule has 4 heteroatoms. The lowest BCUT2D eigenvalue weighted by Crippen LogP contribution is -2.36. The van der Waals surface area contributed by atoms with Gasteiger partial charge in [-0.05, 0) is 24.1 Å². The molecule has 1 N–H and O–H groups in total. The monoisotopic (exact) mass is 271 g/mol. The number of rotatable bonds is 3. The van der Waals surface area contributed by atoms with E-state index in [1.807, 2.05) is 6.92 Å². The zero-order valence-corrected chi connectivity index (χ0v) is 11.8. The molecule has 0 aromatic heterocycles. The molecule has 0 saturated heterocycles. The van der Waals surface area contributed by atoms with Gasteiger partial charge in [0.05, 0.1) is 0 Å². The average molecular weight is 271 g/mol. The molecule has 100 valence electrons. The molecule has 0 bridgehead atoms. The van der Waals surface area contributed by atoms with E-state index in [0.29, 0.717) is 22.5 Å². The summed E-state index contributed by atoms with van der Waals surface area (Å²) in [5, 5.41) is 3.81. The van der Waals surface area contributed by atoms with E-state index in [2.05, 4.69) is 19.2 Å². The minimum atomic E-state index is -0.743. The summed E-state index contributed by atoms with van der Waals surface area (Å²) in [6, 6.07) is 3.08. The number of halogens is 2. The van der Waals surface area contributed by atoms with Crippen LogP contribution < -0.4 is 5.32 Å². The third-order valence-electron chi connectivity index (χ3n) is 3.40. The zero-order valence-electron chi connectivity index (χ0n) is 11.0. The van der Waals surface area contributed by atoms with Gasteiger partial charge in [-0.25, -0.2) is 8.78 Å². The molecule has 18 heavy (non-hydrogen) atoms. The van der Waals surface area contributed by atoms with Crippen LogP contribution in [-0.4, -0.2) is 11.8 Å². The van der Waals surface area contributed by atoms with Crippen molar-refractivity contribution in [3.63, 3.8) is 0 Å². The van der Waals surface area contributed by atoms with Crippen LogP contribution in [0.15, 0.2) is 12.1 Å². The maximum absolute atomic E-state index is 13.8. The van der Waals surface area contributed by atoms with Crippen LogP contribution in [0.4, 0.5) is 8.78 Å². The minimum absolute atomic E-state index is 0.110. The van der Waals surface area contributed by atoms with Crippen LogP contribution in [0.5, 0.6) is 0 Å². The average Bonchev–Trinajstić information content (AvgIpc) is 2.34. The first-order valence-corrected chi connectivity index (χ1v) is 7.42. The number of nitrogens with one attached hydrogen (secondary N) is 1. The van der Waals surface area contributed by atoms with Gasteiger partial charge >= 0.3 is 0 Å². The molecule has 1 aromatic rings. The Kier molecular flexibility index (Phi) is 4.28. The number of hydrogen-bond donors (Lipinski definition) is 1. The maximum atomic E-state index is 13.8. The lowest BCUT2D eigenvalue weighted by molar-refractivity contribution is 0.436. The van der Waals surface area contributed by atoms with Crippen LogP contribution in [-0.2, 0) is 5.75 Å². The molecule has 1 heterocycles. The summed E-state index contributed by atoms with van der Waals surface area (Å²) >= 11 is 1.72. The fraction of sp³-hybridized carbons (Fsp3) is 0.571. The summed E-state index contributed by atoms with van der Waals surface area (Å²) in [6.45, 7) is 7.21. The summed E-state index contributed by atoms with van der Waals surface area (Å²) in [5.74, 6) is -0.359. The Bertz CT molecular complexity index is 434. The fourth-order valence-corrected chi connectivity index (χ4v) is 3.99. The molecule has 1 aliphatic heterocycles. The normalized spacial score (nSPS) is 23.2. The zero-order chi connectivity index (χ0) is 13.3. The van der Waals surface area contributed by atoms with Crippen molar-refractivity contribution in [2.45, 2.75) is 37.8 Å². The van der Waals surface area contributed by atoms with E-state index < -0.39 is 11.6 Å². The van der Waals surface area contributed by atoms with Crippen LogP contribution in [0.25, 0.3) is 0 Å². The predicted octanol–water partition coefficient (Wildman–Crippen LogP) is 3.89. The van der Waals surface area contributed by atoms with E-state index in [0.717, 1.165) is 12.1 Å². The molecule has 1 aromatic carbocycles. The van der Waals surface area contributed by atoms with Gasteiger partial charge in [-0.1, -0.05) is 26.8 Å². The molecule has 0 radical (unpaired) electrons. The van der Waals surface area contributed by atoms with Gasteiger partial charge < -0.3 is 5.32 Å². The van der Waals surface area contributed by atoms with Crippen molar-refractivity contribution in [3.05, 3.63) is 34.9 Å². The fourth-order valence-electron chi connectivity index (χ4n) is 2.52. The predicted molar refractivity (Wildman–Crippen MR) is 72.7 cm³/mol. The highest BCUT2D eigenvalue weighted by Gasteiger charge is 2.33. The Morgan fingerprint density at radius 3 is 2.72 bits per heavy atom. The molecule has 0 saturated carbocycles. The quantitative estimate of drug-likeness (QED) is 0.895. The van der Waals surface area contributed by atoms with E-state index in [1.165, 1.54) is 6.07 Å². The van der Waals surface area contributed by atoms with E-state index in [4.69, 9.17) is 0 Å². The molecule has 0 amide bonds. The molecule has 0 fully saturated rings. The van der Waals surface area contributed by atoms with Crippen molar-refractivity contribution in [1.29, 1.82) is 0 Å². The van der Waals surface area contributed by atoms with Crippen LogP contribution in [0, 0.1) is 17.6 Å². The highest BCUT2D eigenvalue weighted by molar-refractivity contribution is 7.99. The van der Waals surface area contributed by atoms with Crippen LogP contribution in [0.3, 0.4) is 0 Å². The SMILES string of the molecule is CCNC1c2ccc(F)c(F)c2CSC1C(C)C. The highest BCUT2D eigenvalue weighted by atomic mass is 32.2. The van der Waals surface area contributed by atoms with E-state index in [1.54, 1.807) is 17.8 Å². The van der Waals surface area contributed by atoms with Crippen molar-refractivity contribution < 1.29 is 8.78 Å². The number of thioether (sulfide) groups is 1. The summed E-state index contributed by atoms with van der Waals surface area (Å²) in [5.41, 5.74) is 1.45. The van der Waals surface area contributed by atoms with Gasteiger partial charge in [-0.3, -0.25) is 0 Å². The Morgan fingerprint density at radius 2 is 2.11 bits per heavy atom. The number of benzene rings is 1. The van der Waals surface area contributed by atoms with Crippen molar-refractivity contribution in [1.82, 2.24) is 5.32 Å². The molecule has 1 nitrogen and oxygen atoms in total. The second-order valence-corrected chi connectivity index (χ2v) is 6.15. The second-order valence-electron chi connectivity index (χ2n) is 4.98. The van der Waals surface area contributed by atoms with Gasteiger partial charge in [0.1, 0.15) is 0 Å². The van der Waals surface area contributed by atoms with Crippen LogP contribution in [0.2, 0.25) is 0 Å². The van der Waals surface area contributed by atoms with Crippen LogP contribution >= 0.6 is 11.8 Å². The van der Waals surface area contributed by atoms with Gasteiger partial charge in [-0.15, -0.1) is 0 Å². The summed E-state index contributed by atoms with van der Waals surface area (Å²) in [6.07, 6.45) is 0. The first-order valence-electron chi connectivity index (χ1n) is 6.38. The maximum Gasteiger partial charge on any atom is 0.163 e. The van der Waals surface area contributed by atoms with Gasteiger partial charge in [0, 0.05) is 22.6 Å². The van der Waals surface area contributed by atoms with Gasteiger partial charge in [-0.2, -0.15) is 11.8 Å². The Hall–Kier alpha value is -0.610.